The predicted molar refractivity (Wildman–Crippen MR) is 107 cm³/mol. The number of nitrogens with one attached hydrogen (secondary N) is 2. The molecule has 1 unspecified atom stereocenters. The number of ether oxygens (including phenoxy) is 1. The van der Waals surface area contributed by atoms with Gasteiger partial charge in [-0.15, -0.1) is 0 Å². The SMILES string of the molecule is Cc1ccc(NC(=O)C(C)OC(=O)CNC(=O)c2ccc(Br)cc2)c(C)c1. The molecule has 2 aromatic rings. The molecule has 0 aliphatic heterocycles. The molecule has 2 rings (SSSR count). The molecule has 2 N–H and O–H groups in total. The van der Waals surface area contributed by atoms with Crippen LogP contribution in [0.2, 0.25) is 0 Å². The number of amides is 2. The summed E-state index contributed by atoms with van der Waals surface area (Å²) in [6, 6.07) is 12.4. The van der Waals surface area contributed by atoms with Crippen molar-refractivity contribution in [3.8, 4) is 0 Å². The van der Waals surface area contributed by atoms with E-state index in [0.717, 1.165) is 15.6 Å². The molecule has 0 aliphatic carbocycles. The van der Waals surface area contributed by atoms with Gasteiger partial charge in [0.05, 0.1) is 0 Å². The third-order valence-electron chi connectivity index (χ3n) is 3.82. The Kier molecular flexibility index (Phi) is 7.12. The van der Waals surface area contributed by atoms with Crippen LogP contribution < -0.4 is 10.6 Å². The second kappa shape index (κ2) is 9.32. The highest BCUT2D eigenvalue weighted by Gasteiger charge is 2.19. The Morgan fingerprint density at radius 1 is 1.07 bits per heavy atom. The van der Waals surface area contributed by atoms with Crippen molar-refractivity contribution in [1.29, 1.82) is 0 Å². The van der Waals surface area contributed by atoms with Gasteiger partial charge in [0.15, 0.2) is 6.10 Å². The number of carbonyl (C=O) groups excluding carboxylic acids is 3. The van der Waals surface area contributed by atoms with E-state index in [1.807, 2.05) is 26.0 Å². The Morgan fingerprint density at radius 3 is 2.37 bits per heavy atom. The molecule has 0 bridgehead atoms. The van der Waals surface area contributed by atoms with Crippen LogP contribution in [0.15, 0.2) is 46.9 Å². The van der Waals surface area contributed by atoms with Crippen LogP contribution in [-0.4, -0.2) is 30.4 Å². The highest BCUT2D eigenvalue weighted by atomic mass is 79.9. The molecule has 0 spiro atoms. The van der Waals surface area contributed by atoms with E-state index in [0.29, 0.717) is 11.3 Å². The fourth-order valence-corrected chi connectivity index (χ4v) is 2.60. The molecule has 2 amide bonds. The second-order valence-corrected chi connectivity index (χ2v) is 7.04. The Bertz CT molecular complexity index is 850. The molecule has 0 heterocycles. The Hall–Kier alpha value is -2.67. The van der Waals surface area contributed by atoms with Gasteiger partial charge in [0.1, 0.15) is 6.54 Å². The van der Waals surface area contributed by atoms with Crippen LogP contribution in [-0.2, 0) is 14.3 Å². The molecule has 2 aromatic carbocycles. The van der Waals surface area contributed by atoms with E-state index in [9.17, 15) is 14.4 Å². The highest BCUT2D eigenvalue weighted by Crippen LogP contribution is 2.16. The van der Waals surface area contributed by atoms with Crippen LogP contribution in [0, 0.1) is 13.8 Å². The number of hydrogen-bond donors (Lipinski definition) is 2. The van der Waals surface area contributed by atoms with Gasteiger partial charge in [0.25, 0.3) is 11.8 Å². The lowest BCUT2D eigenvalue weighted by atomic mass is 10.1. The Labute approximate surface area is 166 Å². The van der Waals surface area contributed by atoms with E-state index in [4.69, 9.17) is 4.74 Å². The van der Waals surface area contributed by atoms with Crippen LogP contribution in [0.5, 0.6) is 0 Å². The first-order valence-corrected chi connectivity index (χ1v) is 9.17. The molecule has 6 nitrogen and oxygen atoms in total. The fraction of sp³-hybridized carbons (Fsp3) is 0.250. The first-order valence-electron chi connectivity index (χ1n) is 8.37. The quantitative estimate of drug-likeness (QED) is 0.685. The number of anilines is 1. The third kappa shape index (κ3) is 6.21. The number of hydrogen-bond acceptors (Lipinski definition) is 4. The summed E-state index contributed by atoms with van der Waals surface area (Å²) < 4.78 is 5.93. The number of halogens is 1. The molecule has 1 atom stereocenters. The molecule has 0 saturated heterocycles. The van der Waals surface area contributed by atoms with Crippen molar-refractivity contribution in [2.24, 2.45) is 0 Å². The van der Waals surface area contributed by atoms with Crippen molar-refractivity contribution < 1.29 is 19.1 Å². The minimum atomic E-state index is -0.984. The largest absolute Gasteiger partial charge is 0.451 e. The summed E-state index contributed by atoms with van der Waals surface area (Å²) in [6.07, 6.45) is -0.984. The average Bonchev–Trinajstić information content (AvgIpc) is 2.62. The topological polar surface area (TPSA) is 84.5 Å². The molecule has 7 heteroatoms. The van der Waals surface area contributed by atoms with Crippen molar-refractivity contribution in [2.45, 2.75) is 26.9 Å². The summed E-state index contributed by atoms with van der Waals surface area (Å²) in [5, 5.41) is 5.20. The maximum atomic E-state index is 12.2. The highest BCUT2D eigenvalue weighted by molar-refractivity contribution is 9.10. The van der Waals surface area contributed by atoms with Gasteiger partial charge in [-0.25, -0.2) is 0 Å². The minimum absolute atomic E-state index is 0.323. The smallest absolute Gasteiger partial charge is 0.326 e. The molecule has 27 heavy (non-hydrogen) atoms. The second-order valence-electron chi connectivity index (χ2n) is 6.13. The first-order chi connectivity index (χ1) is 12.8. The van der Waals surface area contributed by atoms with Crippen LogP contribution >= 0.6 is 15.9 Å². The number of carbonyl (C=O) groups is 3. The maximum absolute atomic E-state index is 12.2. The summed E-state index contributed by atoms with van der Waals surface area (Å²) in [6.45, 7) is 5.01. The van der Waals surface area contributed by atoms with Crippen molar-refractivity contribution in [2.75, 3.05) is 11.9 Å². The minimum Gasteiger partial charge on any atom is -0.451 e. The van der Waals surface area contributed by atoms with Gasteiger partial charge in [-0.2, -0.15) is 0 Å². The van der Waals surface area contributed by atoms with Gasteiger partial charge in [-0.05, 0) is 56.7 Å². The van der Waals surface area contributed by atoms with Gasteiger partial charge in [-0.1, -0.05) is 33.6 Å². The van der Waals surface area contributed by atoms with E-state index >= 15 is 0 Å². The number of esters is 1. The maximum Gasteiger partial charge on any atom is 0.326 e. The molecule has 142 valence electrons. The summed E-state index contributed by atoms with van der Waals surface area (Å²) >= 11 is 3.29. The standard InChI is InChI=1S/C20H21BrN2O4/c1-12-4-9-17(13(2)10-12)23-19(25)14(3)27-18(24)11-22-20(26)15-5-7-16(21)8-6-15/h4-10,14H,11H2,1-3H3,(H,22,26)(H,23,25). The van der Waals surface area contributed by atoms with Gasteiger partial charge in [0, 0.05) is 15.7 Å². The van der Waals surface area contributed by atoms with Crippen molar-refractivity contribution in [3.05, 3.63) is 63.6 Å². The zero-order valence-electron chi connectivity index (χ0n) is 15.3. The van der Waals surface area contributed by atoms with Gasteiger partial charge >= 0.3 is 5.97 Å². The van der Waals surface area contributed by atoms with Gasteiger partial charge in [0.2, 0.25) is 0 Å². The lowest BCUT2D eigenvalue weighted by molar-refractivity contribution is -0.152. The zero-order valence-corrected chi connectivity index (χ0v) is 16.9. The van der Waals surface area contributed by atoms with E-state index in [1.54, 1.807) is 30.3 Å². The lowest BCUT2D eigenvalue weighted by Crippen LogP contribution is -2.35. The monoisotopic (exact) mass is 432 g/mol. The van der Waals surface area contributed by atoms with E-state index in [2.05, 4.69) is 26.6 Å². The van der Waals surface area contributed by atoms with E-state index in [-0.39, 0.29) is 6.54 Å². The zero-order chi connectivity index (χ0) is 20.0. The summed E-state index contributed by atoms with van der Waals surface area (Å²) in [7, 11) is 0. The van der Waals surface area contributed by atoms with Crippen LogP contribution in [0.1, 0.15) is 28.4 Å². The molecular formula is C20H21BrN2O4. The number of rotatable bonds is 6. The normalized spacial score (nSPS) is 11.4. The summed E-state index contributed by atoms with van der Waals surface area (Å²) in [5.74, 6) is -1.52. The fourth-order valence-electron chi connectivity index (χ4n) is 2.34. The Morgan fingerprint density at radius 2 is 1.74 bits per heavy atom. The Balaban J connectivity index is 1.82. The van der Waals surface area contributed by atoms with E-state index in [1.165, 1.54) is 6.92 Å². The van der Waals surface area contributed by atoms with Crippen molar-refractivity contribution in [1.82, 2.24) is 5.32 Å². The van der Waals surface area contributed by atoms with Crippen LogP contribution in [0.25, 0.3) is 0 Å². The first kappa shape index (κ1) is 20.6. The summed E-state index contributed by atoms with van der Waals surface area (Å²) in [5.41, 5.74) is 3.10. The molecule has 0 aliphatic rings. The van der Waals surface area contributed by atoms with Gasteiger partial charge in [-0.3, -0.25) is 14.4 Å². The molecular weight excluding hydrogens is 412 g/mol. The molecule has 0 saturated carbocycles. The number of aryl methyl sites for hydroxylation is 2. The predicted octanol–water partition coefficient (Wildman–Crippen LogP) is 3.37. The third-order valence-corrected chi connectivity index (χ3v) is 4.35. The van der Waals surface area contributed by atoms with Gasteiger partial charge < -0.3 is 15.4 Å². The number of benzene rings is 2. The van der Waals surface area contributed by atoms with Crippen molar-refractivity contribution in [3.63, 3.8) is 0 Å². The molecule has 0 radical (unpaired) electrons. The van der Waals surface area contributed by atoms with Crippen molar-refractivity contribution >= 4 is 39.4 Å². The van der Waals surface area contributed by atoms with E-state index < -0.39 is 23.9 Å². The average molecular weight is 433 g/mol. The molecule has 0 aromatic heterocycles. The van der Waals surface area contributed by atoms with Crippen LogP contribution in [0.3, 0.4) is 0 Å². The summed E-state index contributed by atoms with van der Waals surface area (Å²) in [4.78, 5) is 36.1. The molecule has 0 fully saturated rings. The lowest BCUT2D eigenvalue weighted by Gasteiger charge is -2.15. The van der Waals surface area contributed by atoms with Crippen LogP contribution in [0.4, 0.5) is 5.69 Å².